The van der Waals surface area contributed by atoms with Gasteiger partial charge in [-0.3, -0.25) is 0 Å². The molecule has 2 aliphatic heterocycles. The minimum absolute atomic E-state index is 0.475. The van der Waals surface area contributed by atoms with Gasteiger partial charge in [0.05, 0.1) is 32.1 Å². The number of rotatable bonds is 3. The van der Waals surface area contributed by atoms with E-state index in [2.05, 4.69) is 39.0 Å². The van der Waals surface area contributed by atoms with Crippen LogP contribution in [0, 0.1) is 0 Å². The Balaban J connectivity index is 1.47. The lowest BCUT2D eigenvalue weighted by Crippen LogP contribution is -2.37. The molecule has 4 heterocycles. The molecule has 0 bridgehead atoms. The summed E-state index contributed by atoms with van der Waals surface area (Å²) < 4.78 is 12.8. The molecule has 2 aliphatic rings. The molecule has 28 heavy (non-hydrogen) atoms. The van der Waals surface area contributed by atoms with E-state index >= 15 is 0 Å². The second-order valence-corrected chi connectivity index (χ2v) is 7.37. The summed E-state index contributed by atoms with van der Waals surface area (Å²) in [5, 5.41) is 5.30. The molecule has 3 aromatic rings. The monoisotopic (exact) mass is 399 g/mol. The van der Waals surface area contributed by atoms with Crippen LogP contribution in [0.2, 0.25) is 5.15 Å². The van der Waals surface area contributed by atoms with Crippen molar-refractivity contribution in [2.75, 3.05) is 62.4 Å². The summed E-state index contributed by atoms with van der Waals surface area (Å²) in [6, 6.07) is 12.4. The molecule has 0 atom stereocenters. The molecular weight excluding hydrogens is 378 g/mol. The van der Waals surface area contributed by atoms with Gasteiger partial charge in [-0.2, -0.15) is 9.61 Å². The van der Waals surface area contributed by atoms with E-state index in [0.29, 0.717) is 18.4 Å². The highest BCUT2D eigenvalue weighted by molar-refractivity contribution is 6.29. The first kappa shape index (κ1) is 17.7. The molecule has 2 fully saturated rings. The van der Waals surface area contributed by atoms with Crippen LogP contribution in [0.25, 0.3) is 16.9 Å². The van der Waals surface area contributed by atoms with Gasteiger partial charge in [-0.05, 0) is 12.1 Å². The normalized spacial score (nSPS) is 18.0. The second kappa shape index (κ2) is 7.58. The van der Waals surface area contributed by atoms with Crippen molar-refractivity contribution in [1.82, 2.24) is 14.6 Å². The second-order valence-electron chi connectivity index (χ2n) is 6.98. The molecule has 0 N–H and O–H groups in total. The van der Waals surface area contributed by atoms with Gasteiger partial charge in [0.1, 0.15) is 11.0 Å². The van der Waals surface area contributed by atoms with Crippen LogP contribution in [-0.4, -0.2) is 67.2 Å². The molecule has 5 rings (SSSR count). The van der Waals surface area contributed by atoms with Crippen LogP contribution < -0.4 is 9.80 Å². The molecule has 7 nitrogen and oxygen atoms in total. The zero-order valence-corrected chi connectivity index (χ0v) is 16.3. The summed E-state index contributed by atoms with van der Waals surface area (Å²) in [5.41, 5.74) is 3.91. The quantitative estimate of drug-likeness (QED) is 0.631. The summed E-state index contributed by atoms with van der Waals surface area (Å²) in [5.74, 6) is 0.953. The van der Waals surface area contributed by atoms with Gasteiger partial charge in [0, 0.05) is 49.6 Å². The average Bonchev–Trinajstić information content (AvgIpc) is 3.18. The highest BCUT2D eigenvalue weighted by Crippen LogP contribution is 2.27. The maximum absolute atomic E-state index is 6.28. The summed E-state index contributed by atoms with van der Waals surface area (Å²) in [4.78, 5) is 9.03. The minimum Gasteiger partial charge on any atom is -0.378 e. The molecule has 0 amide bonds. The largest absolute Gasteiger partial charge is 0.378 e. The topological polar surface area (TPSA) is 55.1 Å². The number of hydrogen-bond donors (Lipinski definition) is 0. The standard InChI is InChI=1S/C20H22ClN5O2/c21-18-14-20(25-7-11-28-12-8-25)26-19(22-18)13-17(23-26)15-1-3-16(4-2-15)24-5-9-27-10-6-24/h1-4,13-14H,5-12H2. The third-order valence-corrected chi connectivity index (χ3v) is 5.45. The first-order valence-corrected chi connectivity index (χ1v) is 9.98. The van der Waals surface area contributed by atoms with Crippen LogP contribution in [0.5, 0.6) is 0 Å². The number of aromatic nitrogens is 3. The zero-order chi connectivity index (χ0) is 18.9. The SMILES string of the molecule is Clc1cc(N2CCOCC2)n2nc(-c3ccc(N4CCOCC4)cc3)cc2n1. The van der Waals surface area contributed by atoms with Crippen molar-refractivity contribution in [2.24, 2.45) is 0 Å². The molecule has 1 aromatic carbocycles. The minimum atomic E-state index is 0.475. The van der Waals surface area contributed by atoms with Gasteiger partial charge in [0.25, 0.3) is 0 Å². The predicted octanol–water partition coefficient (Wildman–Crippen LogP) is 2.72. The third-order valence-electron chi connectivity index (χ3n) is 5.25. The Morgan fingerprint density at radius 2 is 1.46 bits per heavy atom. The van der Waals surface area contributed by atoms with E-state index in [1.54, 1.807) is 0 Å². The van der Waals surface area contributed by atoms with E-state index in [0.717, 1.165) is 62.1 Å². The van der Waals surface area contributed by atoms with Crippen LogP contribution in [0.3, 0.4) is 0 Å². The van der Waals surface area contributed by atoms with Crippen LogP contribution in [0.15, 0.2) is 36.4 Å². The Morgan fingerprint density at radius 3 is 2.14 bits per heavy atom. The average molecular weight is 400 g/mol. The van der Waals surface area contributed by atoms with Gasteiger partial charge in [0.15, 0.2) is 5.65 Å². The maximum atomic E-state index is 6.28. The smallest absolute Gasteiger partial charge is 0.159 e. The summed E-state index contributed by atoms with van der Waals surface area (Å²) in [7, 11) is 0. The first-order chi connectivity index (χ1) is 13.8. The summed E-state index contributed by atoms with van der Waals surface area (Å²) in [6.45, 7) is 6.48. The van der Waals surface area contributed by atoms with Crippen LogP contribution in [0.4, 0.5) is 11.5 Å². The van der Waals surface area contributed by atoms with Crippen LogP contribution >= 0.6 is 11.6 Å². The van der Waals surface area contributed by atoms with Gasteiger partial charge in [-0.25, -0.2) is 4.98 Å². The van der Waals surface area contributed by atoms with Crippen molar-refractivity contribution in [3.63, 3.8) is 0 Å². The molecule has 0 radical (unpaired) electrons. The van der Waals surface area contributed by atoms with Crippen molar-refractivity contribution < 1.29 is 9.47 Å². The summed E-state index contributed by atoms with van der Waals surface area (Å²) >= 11 is 6.28. The fourth-order valence-electron chi connectivity index (χ4n) is 3.75. The van der Waals surface area contributed by atoms with Crippen LogP contribution in [0.1, 0.15) is 0 Å². The fourth-order valence-corrected chi connectivity index (χ4v) is 3.94. The van der Waals surface area contributed by atoms with Gasteiger partial charge in [0.2, 0.25) is 0 Å². The van der Waals surface area contributed by atoms with E-state index in [1.165, 1.54) is 5.69 Å². The zero-order valence-electron chi connectivity index (χ0n) is 15.6. The molecule has 0 saturated carbocycles. The lowest BCUT2D eigenvalue weighted by atomic mass is 10.1. The molecule has 2 saturated heterocycles. The number of benzene rings is 1. The van der Waals surface area contributed by atoms with Gasteiger partial charge >= 0.3 is 0 Å². The predicted molar refractivity (Wildman–Crippen MR) is 109 cm³/mol. The van der Waals surface area contributed by atoms with Crippen molar-refractivity contribution >= 4 is 28.8 Å². The number of ether oxygens (including phenoxy) is 2. The number of halogens is 1. The van der Waals surface area contributed by atoms with E-state index in [1.807, 2.05) is 16.6 Å². The van der Waals surface area contributed by atoms with Gasteiger partial charge < -0.3 is 19.3 Å². The Morgan fingerprint density at radius 1 is 0.821 bits per heavy atom. The van der Waals surface area contributed by atoms with E-state index in [9.17, 15) is 0 Å². The number of nitrogens with zero attached hydrogens (tertiary/aromatic N) is 5. The molecule has 2 aromatic heterocycles. The number of anilines is 2. The Bertz CT molecular complexity index is 963. The molecule has 8 heteroatoms. The maximum Gasteiger partial charge on any atom is 0.159 e. The Kier molecular flexibility index (Phi) is 4.80. The van der Waals surface area contributed by atoms with Crippen molar-refractivity contribution in [2.45, 2.75) is 0 Å². The highest BCUT2D eigenvalue weighted by atomic mass is 35.5. The van der Waals surface area contributed by atoms with E-state index in [4.69, 9.17) is 26.2 Å². The van der Waals surface area contributed by atoms with Crippen LogP contribution in [-0.2, 0) is 9.47 Å². The Hall–Kier alpha value is -2.35. The number of morpholine rings is 2. The lowest BCUT2D eigenvalue weighted by molar-refractivity contribution is 0.122. The highest BCUT2D eigenvalue weighted by Gasteiger charge is 2.18. The van der Waals surface area contributed by atoms with Gasteiger partial charge in [-0.15, -0.1) is 0 Å². The van der Waals surface area contributed by atoms with Crippen molar-refractivity contribution in [1.29, 1.82) is 0 Å². The molecule has 0 unspecified atom stereocenters. The fraction of sp³-hybridized carbons (Fsp3) is 0.400. The number of fused-ring (bicyclic) bond motifs is 1. The van der Waals surface area contributed by atoms with Gasteiger partial charge in [-0.1, -0.05) is 23.7 Å². The van der Waals surface area contributed by atoms with Crippen molar-refractivity contribution in [3.05, 3.63) is 41.6 Å². The third kappa shape index (κ3) is 3.41. The summed E-state index contributed by atoms with van der Waals surface area (Å²) in [6.07, 6.45) is 0. The molecule has 0 aliphatic carbocycles. The van der Waals surface area contributed by atoms with Crippen molar-refractivity contribution in [3.8, 4) is 11.3 Å². The first-order valence-electron chi connectivity index (χ1n) is 9.60. The number of hydrogen-bond acceptors (Lipinski definition) is 6. The Labute approximate surface area is 168 Å². The van der Waals surface area contributed by atoms with E-state index < -0.39 is 0 Å². The van der Waals surface area contributed by atoms with E-state index in [-0.39, 0.29) is 0 Å². The lowest BCUT2D eigenvalue weighted by Gasteiger charge is -2.29. The molecular formula is C20H22ClN5O2. The molecule has 146 valence electrons. The molecule has 0 spiro atoms.